The second-order valence-corrected chi connectivity index (χ2v) is 17.0. The second-order valence-electron chi connectivity index (χ2n) is 16.0. The van der Waals surface area contributed by atoms with Crippen molar-refractivity contribution in [2.45, 2.75) is 69.9 Å². The van der Waals surface area contributed by atoms with Crippen molar-refractivity contribution in [1.82, 2.24) is 40.3 Å². The second kappa shape index (κ2) is 15.9. The average molecular weight is 815 g/mol. The smallest absolute Gasteiger partial charge is 0.328 e. The van der Waals surface area contributed by atoms with E-state index in [0.29, 0.717) is 37.6 Å². The van der Waals surface area contributed by atoms with E-state index in [9.17, 15) is 19.6 Å². The van der Waals surface area contributed by atoms with Crippen LogP contribution in [0, 0.1) is 11.3 Å². The molecule has 3 fully saturated rings. The molecule has 5 aromatic rings. The van der Waals surface area contributed by atoms with Gasteiger partial charge >= 0.3 is 6.03 Å². The van der Waals surface area contributed by atoms with Crippen molar-refractivity contribution in [3.8, 4) is 28.2 Å². The van der Waals surface area contributed by atoms with Gasteiger partial charge in [-0.3, -0.25) is 29.3 Å². The maximum absolute atomic E-state index is 13.4. The first-order valence-corrected chi connectivity index (χ1v) is 21.1. The minimum atomic E-state index is -0.407. The number of hydrogen-bond donors (Lipinski definition) is 3. The zero-order chi connectivity index (χ0) is 40.8. The number of urea groups is 1. The Balaban J connectivity index is 0.783. The fourth-order valence-corrected chi connectivity index (χ4v) is 9.85. The number of carbonyl (C=O) groups excluding carboxylic acids is 3. The normalized spacial score (nSPS) is 20.8. The van der Waals surface area contributed by atoms with Crippen LogP contribution in [0.2, 0.25) is 0 Å². The van der Waals surface area contributed by atoms with Crippen LogP contribution >= 0.6 is 11.3 Å². The van der Waals surface area contributed by atoms with Crippen LogP contribution in [0.5, 0.6) is 5.75 Å². The molecule has 4 amide bonds. The van der Waals surface area contributed by atoms with Gasteiger partial charge in [0.1, 0.15) is 34.9 Å². The van der Waals surface area contributed by atoms with Gasteiger partial charge in [0.05, 0.1) is 29.4 Å². The molecule has 0 radical (unpaired) electrons. The van der Waals surface area contributed by atoms with Crippen molar-refractivity contribution in [3.63, 3.8) is 0 Å². The maximum atomic E-state index is 13.4. The van der Waals surface area contributed by atoms with E-state index in [2.05, 4.69) is 66.9 Å². The summed E-state index contributed by atoms with van der Waals surface area (Å²) in [7, 11) is 1.87. The zero-order valence-electron chi connectivity index (χ0n) is 33.3. The summed E-state index contributed by atoms with van der Waals surface area (Å²) in [6.45, 7) is 7.68. The number of rotatable bonds is 9. The molecule has 0 unspecified atom stereocenters. The Kier molecular flexibility index (Phi) is 10.4. The Morgan fingerprint density at radius 2 is 1.92 bits per heavy atom. The molecule has 1 atom stereocenters. The van der Waals surface area contributed by atoms with E-state index in [1.165, 1.54) is 0 Å². The number of anilines is 3. The van der Waals surface area contributed by atoms with Crippen LogP contribution in [0.4, 0.5) is 21.9 Å². The number of amides is 4. The molecule has 1 aliphatic carbocycles. The summed E-state index contributed by atoms with van der Waals surface area (Å²) in [6, 6.07) is 11.6. The summed E-state index contributed by atoms with van der Waals surface area (Å²) in [5, 5.41) is 30.1. The predicted octanol–water partition coefficient (Wildman–Crippen LogP) is 5.15. The molecule has 0 bridgehead atoms. The molecule has 59 heavy (non-hydrogen) atoms. The summed E-state index contributed by atoms with van der Waals surface area (Å²) in [6.07, 6.45) is 9.17. The molecule has 9 rings (SSSR count). The highest BCUT2D eigenvalue weighted by atomic mass is 32.1. The number of nitrogens with zero attached hydrogens (tertiary/aromatic N) is 9. The standard InChI is InChI=1S/C42H46N12O4S/c1-24(2)31-15-29(53-11-9-36(55)48-42(53)57)16-34-38(31)52-13-12-51(21-30(52)23-58-34)22-37(56)47-28-6-4-26(5-7-28)40-49-50-41(59-40)32-20-45-35(17-33(32)44-3)54-10-8-27-14-25(18-43)19-46-39(27)54/h8,10,14-17,19-20,24,26,28,30H,4-7,9,11-13,21-23H2,1-3H3,(H,44,45)(H,47,56)(H,48,55,57)/t26?,28?,30-/m1/s1. The highest BCUT2D eigenvalue weighted by Crippen LogP contribution is 2.45. The van der Waals surface area contributed by atoms with Crippen LogP contribution < -0.4 is 30.5 Å². The van der Waals surface area contributed by atoms with Crippen molar-refractivity contribution >= 4 is 57.3 Å². The fourth-order valence-electron chi connectivity index (χ4n) is 8.82. The molecule has 1 saturated carbocycles. The lowest BCUT2D eigenvalue weighted by atomic mass is 9.86. The van der Waals surface area contributed by atoms with Gasteiger partial charge < -0.3 is 20.3 Å². The molecule has 2 saturated heterocycles. The molecular weight excluding hydrogens is 769 g/mol. The molecule has 4 aliphatic rings. The summed E-state index contributed by atoms with van der Waals surface area (Å²) in [4.78, 5) is 53.2. The lowest BCUT2D eigenvalue weighted by Gasteiger charge is -2.47. The molecule has 3 aliphatic heterocycles. The Morgan fingerprint density at radius 3 is 2.69 bits per heavy atom. The summed E-state index contributed by atoms with van der Waals surface area (Å²) in [5.41, 5.74) is 5.88. The SMILES string of the molecule is CNc1cc(-n2ccc3cc(C#N)cnc32)ncc1-c1nnc(C2CCC(NC(=O)CN3CCN4c5c(cc(N6CCC(=O)NC6=O)cc5C(C)C)OC[C@H]4C3)CC2)s1. The van der Waals surface area contributed by atoms with E-state index in [1.807, 2.05) is 48.3 Å². The highest BCUT2D eigenvalue weighted by molar-refractivity contribution is 7.14. The van der Waals surface area contributed by atoms with Crippen LogP contribution in [-0.4, -0.2) is 106 Å². The number of ether oxygens (including phenoxy) is 1. The summed E-state index contributed by atoms with van der Waals surface area (Å²) >= 11 is 1.60. The molecule has 7 heterocycles. The van der Waals surface area contributed by atoms with Crippen LogP contribution in [0.25, 0.3) is 27.4 Å². The monoisotopic (exact) mass is 814 g/mol. The molecule has 3 N–H and O–H groups in total. The van der Waals surface area contributed by atoms with Gasteiger partial charge in [-0.2, -0.15) is 5.26 Å². The fraction of sp³-hybridized carbons (Fsp3) is 0.429. The lowest BCUT2D eigenvalue weighted by Crippen LogP contribution is -2.59. The topological polar surface area (TPSA) is 187 Å². The zero-order valence-corrected chi connectivity index (χ0v) is 34.1. The molecular formula is C42H46N12O4S. The summed E-state index contributed by atoms with van der Waals surface area (Å²) in [5.74, 6) is 1.72. The number of fused-ring (bicyclic) bond motifs is 4. The molecule has 0 spiro atoms. The van der Waals surface area contributed by atoms with Gasteiger partial charge in [-0.1, -0.05) is 25.2 Å². The third-order valence-electron chi connectivity index (χ3n) is 11.9. The van der Waals surface area contributed by atoms with Crippen LogP contribution in [0.15, 0.2) is 48.9 Å². The van der Waals surface area contributed by atoms with E-state index >= 15 is 0 Å². The van der Waals surface area contributed by atoms with Crippen molar-refractivity contribution in [2.75, 3.05) is 61.5 Å². The number of benzene rings is 1. The number of piperazine rings is 1. The summed E-state index contributed by atoms with van der Waals surface area (Å²) < 4.78 is 8.25. The van der Waals surface area contributed by atoms with Gasteiger partial charge in [0, 0.05) is 99.1 Å². The highest BCUT2D eigenvalue weighted by Gasteiger charge is 2.37. The van der Waals surface area contributed by atoms with Crippen molar-refractivity contribution in [3.05, 3.63) is 65.1 Å². The third kappa shape index (κ3) is 7.54. The van der Waals surface area contributed by atoms with Crippen molar-refractivity contribution < 1.29 is 19.1 Å². The molecule has 1 aromatic carbocycles. The van der Waals surface area contributed by atoms with E-state index in [-0.39, 0.29) is 42.2 Å². The Bertz CT molecular complexity index is 2480. The first-order valence-electron chi connectivity index (χ1n) is 20.2. The van der Waals surface area contributed by atoms with E-state index in [0.717, 1.165) is 93.8 Å². The van der Waals surface area contributed by atoms with Gasteiger partial charge in [-0.25, -0.2) is 14.8 Å². The minimum Gasteiger partial charge on any atom is -0.489 e. The number of hydrogen-bond acceptors (Lipinski definition) is 13. The number of imide groups is 1. The van der Waals surface area contributed by atoms with Crippen LogP contribution in [0.3, 0.4) is 0 Å². The third-order valence-corrected chi connectivity index (χ3v) is 13.0. The Hall–Kier alpha value is -6.12. The van der Waals surface area contributed by atoms with Gasteiger partial charge in [-0.05, 0) is 55.4 Å². The average Bonchev–Trinajstić information content (AvgIpc) is 3.91. The first kappa shape index (κ1) is 38.4. The van der Waals surface area contributed by atoms with Gasteiger partial charge in [0.15, 0.2) is 5.01 Å². The maximum Gasteiger partial charge on any atom is 0.328 e. The quantitative estimate of drug-likeness (QED) is 0.178. The molecule has 304 valence electrons. The minimum absolute atomic E-state index is 0.0502. The molecule has 17 heteroatoms. The predicted molar refractivity (Wildman–Crippen MR) is 224 cm³/mol. The molecule has 16 nitrogen and oxygen atoms in total. The van der Waals surface area contributed by atoms with Crippen LogP contribution in [0.1, 0.15) is 73.9 Å². The van der Waals surface area contributed by atoms with Crippen molar-refractivity contribution in [1.29, 1.82) is 5.26 Å². The lowest BCUT2D eigenvalue weighted by molar-refractivity contribution is -0.123. The van der Waals surface area contributed by atoms with Crippen LogP contribution in [-0.2, 0) is 9.59 Å². The van der Waals surface area contributed by atoms with E-state index < -0.39 is 6.03 Å². The Labute approximate surface area is 345 Å². The van der Waals surface area contributed by atoms with Gasteiger partial charge in [0.25, 0.3) is 0 Å². The number of pyridine rings is 2. The van der Waals surface area contributed by atoms with Gasteiger partial charge in [0.2, 0.25) is 11.8 Å². The number of nitriles is 1. The number of nitrogens with one attached hydrogen (secondary N) is 3. The van der Waals surface area contributed by atoms with E-state index in [1.54, 1.807) is 22.4 Å². The van der Waals surface area contributed by atoms with E-state index in [4.69, 9.17) is 9.72 Å². The Morgan fingerprint density at radius 1 is 1.07 bits per heavy atom. The molecule has 4 aromatic heterocycles. The van der Waals surface area contributed by atoms with Crippen molar-refractivity contribution in [2.24, 2.45) is 0 Å². The number of carbonyl (C=O) groups is 3. The number of aromatic nitrogens is 5. The largest absolute Gasteiger partial charge is 0.489 e. The first-order chi connectivity index (χ1) is 28.6. The van der Waals surface area contributed by atoms with Gasteiger partial charge in [-0.15, -0.1) is 10.2 Å².